The van der Waals surface area contributed by atoms with Gasteiger partial charge in [-0.15, -0.1) is 0 Å². The summed E-state index contributed by atoms with van der Waals surface area (Å²) in [7, 11) is 0. The zero-order valence-corrected chi connectivity index (χ0v) is 7.44. The highest BCUT2D eigenvalue weighted by Gasteiger charge is 2.07. The van der Waals surface area contributed by atoms with Crippen LogP contribution >= 0.6 is 22.6 Å². The van der Waals surface area contributed by atoms with Gasteiger partial charge >= 0.3 is 0 Å². The van der Waals surface area contributed by atoms with Crippen LogP contribution in [0.25, 0.3) is 0 Å². The lowest BCUT2D eigenvalue weighted by atomic mass is 10.1. The van der Waals surface area contributed by atoms with Gasteiger partial charge in [0.1, 0.15) is 5.78 Å². The molecule has 1 unspecified atom stereocenters. The zero-order valence-electron chi connectivity index (χ0n) is 5.28. The zero-order chi connectivity index (χ0) is 6.57. The molecule has 0 aromatic carbocycles. The Morgan fingerprint density at radius 2 is 2.25 bits per heavy atom. The van der Waals surface area contributed by atoms with Gasteiger partial charge in [0.15, 0.2) is 0 Å². The van der Waals surface area contributed by atoms with E-state index in [1.807, 2.05) is 6.92 Å². The Morgan fingerprint density at radius 3 is 2.25 bits per heavy atom. The fourth-order valence-electron chi connectivity index (χ4n) is 0.505. The highest BCUT2D eigenvalue weighted by Crippen LogP contribution is 2.06. The van der Waals surface area contributed by atoms with Crippen LogP contribution in [-0.4, -0.2) is 10.2 Å². The van der Waals surface area contributed by atoms with Gasteiger partial charge in [0.2, 0.25) is 0 Å². The quantitative estimate of drug-likeness (QED) is 0.531. The van der Waals surface area contributed by atoms with E-state index in [0.29, 0.717) is 11.7 Å². The largest absolute Gasteiger partial charge is 0.300 e. The van der Waals surface area contributed by atoms with Crippen LogP contribution < -0.4 is 0 Å². The van der Waals surface area contributed by atoms with Crippen LogP contribution in [-0.2, 0) is 4.79 Å². The molecular formula is C6H11IO. The van der Waals surface area contributed by atoms with Crippen LogP contribution in [0.3, 0.4) is 0 Å². The Bertz CT molecular complexity index is 76.6. The number of carbonyl (C=O) groups is 1. The maximum atomic E-state index is 10.6. The highest BCUT2D eigenvalue weighted by atomic mass is 127. The molecule has 0 spiro atoms. The molecule has 0 saturated carbocycles. The van der Waals surface area contributed by atoms with Gasteiger partial charge in [0.05, 0.1) is 0 Å². The summed E-state index contributed by atoms with van der Waals surface area (Å²) in [4.78, 5) is 10.6. The van der Waals surface area contributed by atoms with Crippen molar-refractivity contribution in [2.75, 3.05) is 4.43 Å². The summed E-state index contributed by atoms with van der Waals surface area (Å²) in [6.07, 6.45) is 0.984. The lowest BCUT2D eigenvalue weighted by Gasteiger charge is -2.03. The fourth-order valence-corrected chi connectivity index (χ4v) is 1.75. The number of halogens is 1. The van der Waals surface area contributed by atoms with Crippen molar-refractivity contribution in [2.24, 2.45) is 5.92 Å². The molecule has 0 amide bonds. The molecule has 0 radical (unpaired) electrons. The molecular weight excluding hydrogens is 215 g/mol. The summed E-state index contributed by atoms with van der Waals surface area (Å²) < 4.78 is 0.962. The smallest absolute Gasteiger partial charge is 0.133 e. The third-order valence-corrected chi connectivity index (χ3v) is 2.32. The van der Waals surface area contributed by atoms with E-state index < -0.39 is 0 Å². The van der Waals surface area contributed by atoms with E-state index in [1.165, 1.54) is 0 Å². The molecule has 8 heavy (non-hydrogen) atoms. The first-order valence-electron chi connectivity index (χ1n) is 2.78. The van der Waals surface area contributed by atoms with Crippen LogP contribution in [0.2, 0.25) is 0 Å². The minimum absolute atomic E-state index is 0.301. The topological polar surface area (TPSA) is 17.1 Å². The highest BCUT2D eigenvalue weighted by molar-refractivity contribution is 14.1. The number of hydrogen-bond acceptors (Lipinski definition) is 1. The lowest BCUT2D eigenvalue weighted by Crippen LogP contribution is -2.10. The standard InChI is InChI=1S/C6H11IO/c1-3-6(4-7)5(2)8/h6H,3-4H2,1-2H3. The van der Waals surface area contributed by atoms with Crippen molar-refractivity contribution >= 4 is 28.4 Å². The molecule has 0 N–H and O–H groups in total. The molecule has 0 bridgehead atoms. The molecule has 0 aliphatic rings. The number of carbonyl (C=O) groups excluding carboxylic acids is 1. The van der Waals surface area contributed by atoms with E-state index in [4.69, 9.17) is 0 Å². The fraction of sp³-hybridized carbons (Fsp3) is 0.833. The molecule has 0 aliphatic carbocycles. The van der Waals surface area contributed by atoms with E-state index in [1.54, 1.807) is 6.92 Å². The van der Waals surface area contributed by atoms with E-state index in [9.17, 15) is 4.79 Å². The normalized spacial score (nSPS) is 13.4. The van der Waals surface area contributed by atoms with Crippen molar-refractivity contribution in [3.05, 3.63) is 0 Å². The third-order valence-electron chi connectivity index (χ3n) is 1.25. The molecule has 0 aromatic heterocycles. The van der Waals surface area contributed by atoms with Gasteiger partial charge in [-0.1, -0.05) is 29.5 Å². The molecule has 0 saturated heterocycles. The first kappa shape index (κ1) is 8.40. The molecule has 0 aliphatic heterocycles. The predicted octanol–water partition coefficient (Wildman–Crippen LogP) is 2.04. The van der Waals surface area contributed by atoms with Crippen molar-refractivity contribution in [3.63, 3.8) is 0 Å². The predicted molar refractivity (Wildman–Crippen MR) is 43.3 cm³/mol. The van der Waals surface area contributed by atoms with Crippen molar-refractivity contribution < 1.29 is 4.79 Å². The van der Waals surface area contributed by atoms with Crippen LogP contribution in [0.4, 0.5) is 0 Å². The minimum atomic E-state index is 0.301. The van der Waals surface area contributed by atoms with Crippen LogP contribution in [0.5, 0.6) is 0 Å². The van der Waals surface area contributed by atoms with Gasteiger partial charge in [-0.25, -0.2) is 0 Å². The van der Waals surface area contributed by atoms with Crippen molar-refractivity contribution in [3.8, 4) is 0 Å². The average Bonchev–Trinajstić information content (AvgIpc) is 1.69. The summed E-state index contributed by atoms with van der Waals surface area (Å²) in [5.41, 5.74) is 0. The molecule has 48 valence electrons. The molecule has 1 nitrogen and oxygen atoms in total. The van der Waals surface area contributed by atoms with E-state index in [2.05, 4.69) is 22.6 Å². The lowest BCUT2D eigenvalue weighted by molar-refractivity contribution is -0.120. The van der Waals surface area contributed by atoms with E-state index in [0.717, 1.165) is 10.8 Å². The Balaban J connectivity index is 3.52. The number of hydrogen-bond donors (Lipinski definition) is 0. The van der Waals surface area contributed by atoms with Crippen molar-refractivity contribution in [2.45, 2.75) is 20.3 Å². The summed E-state index contributed by atoms with van der Waals surface area (Å²) in [6.45, 7) is 3.71. The first-order valence-corrected chi connectivity index (χ1v) is 4.31. The SMILES string of the molecule is CCC(CI)C(C)=O. The van der Waals surface area contributed by atoms with Crippen LogP contribution in [0, 0.1) is 5.92 Å². The van der Waals surface area contributed by atoms with Crippen molar-refractivity contribution in [1.82, 2.24) is 0 Å². The summed E-state index contributed by atoms with van der Waals surface area (Å²) in [5, 5.41) is 0. The van der Waals surface area contributed by atoms with Gasteiger partial charge in [-0.05, 0) is 13.3 Å². The first-order chi connectivity index (χ1) is 3.72. The maximum absolute atomic E-state index is 10.6. The van der Waals surface area contributed by atoms with E-state index >= 15 is 0 Å². The summed E-state index contributed by atoms with van der Waals surface area (Å²) in [5.74, 6) is 0.623. The second-order valence-corrected chi connectivity index (χ2v) is 2.75. The second kappa shape index (κ2) is 4.30. The van der Waals surface area contributed by atoms with Crippen LogP contribution in [0.1, 0.15) is 20.3 Å². The molecule has 0 aromatic rings. The van der Waals surface area contributed by atoms with Gasteiger partial charge in [0, 0.05) is 10.3 Å². The molecule has 1 atom stereocenters. The number of ketones is 1. The van der Waals surface area contributed by atoms with Gasteiger partial charge < -0.3 is 0 Å². The Morgan fingerprint density at radius 1 is 1.75 bits per heavy atom. The molecule has 2 heteroatoms. The number of Topliss-reactive ketones (excluding diaryl/α,β-unsaturated/α-hetero) is 1. The van der Waals surface area contributed by atoms with Crippen molar-refractivity contribution in [1.29, 1.82) is 0 Å². The number of rotatable bonds is 3. The van der Waals surface area contributed by atoms with Gasteiger partial charge in [-0.3, -0.25) is 4.79 Å². The Kier molecular flexibility index (Phi) is 4.51. The second-order valence-electron chi connectivity index (χ2n) is 1.87. The van der Waals surface area contributed by atoms with Crippen LogP contribution in [0.15, 0.2) is 0 Å². The third kappa shape index (κ3) is 2.64. The maximum Gasteiger partial charge on any atom is 0.133 e. The monoisotopic (exact) mass is 226 g/mol. The Labute approximate surface area is 64.0 Å². The average molecular weight is 226 g/mol. The number of alkyl halides is 1. The molecule has 0 fully saturated rings. The summed E-state index contributed by atoms with van der Waals surface area (Å²) >= 11 is 2.24. The molecule has 0 heterocycles. The summed E-state index contributed by atoms with van der Waals surface area (Å²) in [6, 6.07) is 0. The molecule has 0 rings (SSSR count). The minimum Gasteiger partial charge on any atom is -0.300 e. The van der Waals surface area contributed by atoms with E-state index in [-0.39, 0.29) is 0 Å². The van der Waals surface area contributed by atoms with Gasteiger partial charge in [0.25, 0.3) is 0 Å². The Hall–Kier alpha value is 0.400. The van der Waals surface area contributed by atoms with Gasteiger partial charge in [-0.2, -0.15) is 0 Å².